The van der Waals surface area contributed by atoms with Crippen molar-refractivity contribution in [1.29, 1.82) is 0 Å². The van der Waals surface area contributed by atoms with Crippen LogP contribution < -0.4 is 5.32 Å². The molecule has 0 saturated carbocycles. The second kappa shape index (κ2) is 9.68. The van der Waals surface area contributed by atoms with E-state index >= 15 is 0 Å². The van der Waals surface area contributed by atoms with Crippen molar-refractivity contribution in [2.24, 2.45) is 5.92 Å². The summed E-state index contributed by atoms with van der Waals surface area (Å²) in [7, 11) is 1.59. The Kier molecular flexibility index (Phi) is 7.03. The van der Waals surface area contributed by atoms with Crippen molar-refractivity contribution in [1.82, 2.24) is 15.1 Å². The van der Waals surface area contributed by atoms with Gasteiger partial charge in [-0.05, 0) is 18.4 Å². The highest BCUT2D eigenvalue weighted by Crippen LogP contribution is 2.21. The van der Waals surface area contributed by atoms with Crippen LogP contribution in [0, 0.1) is 5.92 Å². The maximum atomic E-state index is 12.6. The molecule has 2 fully saturated rings. The first-order valence-electron chi connectivity index (χ1n) is 9.95. The fourth-order valence-corrected chi connectivity index (χ4v) is 3.84. The van der Waals surface area contributed by atoms with Crippen LogP contribution in [0.4, 0.5) is 0 Å². The molecule has 1 unspecified atom stereocenters. The Morgan fingerprint density at radius 2 is 1.89 bits per heavy atom. The Balaban J connectivity index is 1.43. The van der Waals surface area contributed by atoms with Gasteiger partial charge in [0.1, 0.15) is 0 Å². The van der Waals surface area contributed by atoms with E-state index in [2.05, 4.69) is 5.32 Å². The lowest BCUT2D eigenvalue weighted by Gasteiger charge is -2.33. The molecule has 0 aliphatic carbocycles. The van der Waals surface area contributed by atoms with Crippen LogP contribution >= 0.6 is 0 Å². The molecular formula is C21H29N3O4. The van der Waals surface area contributed by atoms with E-state index in [0.717, 1.165) is 18.4 Å². The molecule has 1 N–H and O–H groups in total. The summed E-state index contributed by atoms with van der Waals surface area (Å²) in [6, 6.07) is 9.89. The molecule has 2 aliphatic heterocycles. The third kappa shape index (κ3) is 5.32. The standard InChI is InChI=1S/C21H29N3O4/c1-28-12-9-19(25)23-10-7-18(8-11-23)22-21(27)17-13-20(26)24(15-17)14-16-5-3-2-4-6-16/h2-6,17-18H,7-15H2,1H3,(H,22,27). The molecule has 3 rings (SSSR count). The molecular weight excluding hydrogens is 358 g/mol. The van der Waals surface area contributed by atoms with Crippen LogP contribution in [-0.2, 0) is 25.7 Å². The molecule has 1 aromatic carbocycles. The van der Waals surface area contributed by atoms with E-state index in [4.69, 9.17) is 4.74 Å². The number of amides is 3. The summed E-state index contributed by atoms with van der Waals surface area (Å²) < 4.78 is 4.95. The van der Waals surface area contributed by atoms with Crippen molar-refractivity contribution in [3.63, 3.8) is 0 Å². The van der Waals surface area contributed by atoms with Crippen molar-refractivity contribution in [2.75, 3.05) is 33.4 Å². The monoisotopic (exact) mass is 387 g/mol. The molecule has 2 aliphatic rings. The summed E-state index contributed by atoms with van der Waals surface area (Å²) in [6.45, 7) is 2.75. The van der Waals surface area contributed by atoms with Gasteiger partial charge in [-0.2, -0.15) is 0 Å². The number of ether oxygens (including phenoxy) is 1. The molecule has 0 spiro atoms. The van der Waals surface area contributed by atoms with Crippen LogP contribution in [0.25, 0.3) is 0 Å². The molecule has 0 radical (unpaired) electrons. The predicted octanol–water partition coefficient (Wildman–Crippen LogP) is 1.18. The Morgan fingerprint density at radius 1 is 1.18 bits per heavy atom. The van der Waals surface area contributed by atoms with Gasteiger partial charge in [-0.25, -0.2) is 0 Å². The number of hydrogen-bond acceptors (Lipinski definition) is 4. The molecule has 2 saturated heterocycles. The average Bonchev–Trinajstić information content (AvgIpc) is 3.08. The molecule has 1 atom stereocenters. The van der Waals surface area contributed by atoms with E-state index < -0.39 is 0 Å². The van der Waals surface area contributed by atoms with Gasteiger partial charge in [0.05, 0.1) is 18.9 Å². The normalized spacial score (nSPS) is 20.5. The van der Waals surface area contributed by atoms with Crippen LogP contribution in [0.1, 0.15) is 31.2 Å². The fourth-order valence-electron chi connectivity index (χ4n) is 3.84. The third-order valence-corrected chi connectivity index (χ3v) is 5.52. The largest absolute Gasteiger partial charge is 0.384 e. The van der Waals surface area contributed by atoms with Gasteiger partial charge in [0.15, 0.2) is 0 Å². The number of carbonyl (C=O) groups excluding carboxylic acids is 3. The molecule has 7 heteroatoms. The Labute approximate surface area is 166 Å². The average molecular weight is 387 g/mol. The van der Waals surface area contributed by atoms with Crippen LogP contribution in [0.2, 0.25) is 0 Å². The summed E-state index contributed by atoms with van der Waals surface area (Å²) >= 11 is 0. The minimum absolute atomic E-state index is 0.0302. The zero-order valence-electron chi connectivity index (χ0n) is 16.4. The van der Waals surface area contributed by atoms with E-state index in [0.29, 0.717) is 39.2 Å². The van der Waals surface area contributed by atoms with Crippen LogP contribution in [0.3, 0.4) is 0 Å². The zero-order valence-corrected chi connectivity index (χ0v) is 16.4. The van der Waals surface area contributed by atoms with Gasteiger partial charge >= 0.3 is 0 Å². The fraction of sp³-hybridized carbons (Fsp3) is 0.571. The Bertz CT molecular complexity index is 686. The summed E-state index contributed by atoms with van der Waals surface area (Å²) in [4.78, 5) is 40.5. The van der Waals surface area contributed by atoms with Gasteiger partial charge in [-0.1, -0.05) is 30.3 Å². The molecule has 0 aromatic heterocycles. The minimum atomic E-state index is -0.294. The second-order valence-electron chi connectivity index (χ2n) is 7.57. The van der Waals surface area contributed by atoms with Gasteiger partial charge < -0.3 is 19.9 Å². The predicted molar refractivity (Wildman–Crippen MR) is 104 cm³/mol. The third-order valence-electron chi connectivity index (χ3n) is 5.52. The van der Waals surface area contributed by atoms with E-state index in [1.165, 1.54) is 0 Å². The Morgan fingerprint density at radius 3 is 2.57 bits per heavy atom. The highest BCUT2D eigenvalue weighted by molar-refractivity contribution is 5.89. The SMILES string of the molecule is COCCC(=O)N1CCC(NC(=O)C2CC(=O)N(Cc3ccccc3)C2)CC1. The van der Waals surface area contributed by atoms with Crippen molar-refractivity contribution >= 4 is 17.7 Å². The number of carbonyl (C=O) groups is 3. The van der Waals surface area contributed by atoms with Crippen LogP contribution in [0.15, 0.2) is 30.3 Å². The minimum Gasteiger partial charge on any atom is -0.384 e. The van der Waals surface area contributed by atoms with Gasteiger partial charge in [0.25, 0.3) is 0 Å². The number of hydrogen-bond donors (Lipinski definition) is 1. The summed E-state index contributed by atoms with van der Waals surface area (Å²) in [6.07, 6.45) is 2.17. The first-order valence-corrected chi connectivity index (χ1v) is 9.95. The van der Waals surface area contributed by atoms with E-state index in [1.807, 2.05) is 35.2 Å². The lowest BCUT2D eigenvalue weighted by atomic mass is 10.0. The number of methoxy groups -OCH3 is 1. The summed E-state index contributed by atoms with van der Waals surface area (Å²) in [5.41, 5.74) is 1.07. The zero-order chi connectivity index (χ0) is 19.9. The highest BCUT2D eigenvalue weighted by atomic mass is 16.5. The highest BCUT2D eigenvalue weighted by Gasteiger charge is 2.35. The van der Waals surface area contributed by atoms with Gasteiger partial charge in [-0.15, -0.1) is 0 Å². The maximum absolute atomic E-state index is 12.6. The Hall–Kier alpha value is -2.41. The lowest BCUT2D eigenvalue weighted by Crippen LogP contribution is -2.48. The van der Waals surface area contributed by atoms with Gasteiger partial charge in [0, 0.05) is 45.8 Å². The first kappa shape index (κ1) is 20.3. The molecule has 7 nitrogen and oxygen atoms in total. The molecule has 0 bridgehead atoms. The summed E-state index contributed by atoms with van der Waals surface area (Å²) in [5.74, 6) is -0.210. The topological polar surface area (TPSA) is 79.0 Å². The maximum Gasteiger partial charge on any atom is 0.225 e. The number of rotatable bonds is 7. The van der Waals surface area contributed by atoms with E-state index in [1.54, 1.807) is 12.0 Å². The number of benzene rings is 1. The molecule has 28 heavy (non-hydrogen) atoms. The molecule has 2 heterocycles. The number of piperidine rings is 1. The molecule has 3 amide bonds. The van der Waals surface area contributed by atoms with E-state index in [9.17, 15) is 14.4 Å². The van der Waals surface area contributed by atoms with Gasteiger partial charge in [0.2, 0.25) is 17.7 Å². The number of likely N-dealkylation sites (tertiary alicyclic amines) is 2. The van der Waals surface area contributed by atoms with Gasteiger partial charge in [-0.3, -0.25) is 14.4 Å². The van der Waals surface area contributed by atoms with Crippen molar-refractivity contribution in [2.45, 2.75) is 38.3 Å². The van der Waals surface area contributed by atoms with E-state index in [-0.39, 0.29) is 36.1 Å². The van der Waals surface area contributed by atoms with Crippen molar-refractivity contribution in [3.8, 4) is 0 Å². The number of nitrogens with one attached hydrogen (secondary N) is 1. The molecule has 152 valence electrons. The van der Waals surface area contributed by atoms with Crippen LogP contribution in [-0.4, -0.2) is 66.9 Å². The first-order chi connectivity index (χ1) is 13.6. The quantitative estimate of drug-likeness (QED) is 0.762. The number of nitrogens with zero attached hydrogens (tertiary/aromatic N) is 2. The lowest BCUT2D eigenvalue weighted by molar-refractivity contribution is -0.133. The van der Waals surface area contributed by atoms with Crippen molar-refractivity contribution < 1.29 is 19.1 Å². The molecule has 1 aromatic rings. The second-order valence-corrected chi connectivity index (χ2v) is 7.57. The smallest absolute Gasteiger partial charge is 0.225 e. The van der Waals surface area contributed by atoms with Crippen LogP contribution in [0.5, 0.6) is 0 Å². The summed E-state index contributed by atoms with van der Waals surface area (Å²) in [5, 5.41) is 3.09. The van der Waals surface area contributed by atoms with Crippen molar-refractivity contribution in [3.05, 3.63) is 35.9 Å².